The molecule has 0 bridgehead atoms. The Morgan fingerprint density at radius 1 is 1.00 bits per heavy atom. The Balaban J connectivity index is 1.70. The van der Waals surface area contributed by atoms with Crippen LogP contribution in [0.3, 0.4) is 0 Å². The van der Waals surface area contributed by atoms with Crippen LogP contribution in [-0.4, -0.2) is 29.6 Å². The molecular formula is C16H30N2. The third-order valence-electron chi connectivity index (χ3n) is 6.22. The molecule has 0 saturated heterocycles. The molecule has 104 valence electrons. The smallest absolute Gasteiger partial charge is 0.0334 e. The van der Waals surface area contributed by atoms with E-state index in [1.54, 1.807) is 0 Å². The van der Waals surface area contributed by atoms with Gasteiger partial charge in [-0.05, 0) is 63.3 Å². The van der Waals surface area contributed by atoms with Crippen molar-refractivity contribution in [1.82, 2.24) is 4.90 Å². The molecule has 0 atom stereocenters. The molecule has 0 amide bonds. The second-order valence-corrected chi connectivity index (χ2v) is 7.15. The van der Waals surface area contributed by atoms with Crippen LogP contribution in [0.4, 0.5) is 0 Å². The highest BCUT2D eigenvalue weighted by Gasteiger charge is 2.48. The van der Waals surface area contributed by atoms with Gasteiger partial charge in [-0.3, -0.25) is 4.90 Å². The van der Waals surface area contributed by atoms with E-state index in [1.165, 1.54) is 70.8 Å². The topological polar surface area (TPSA) is 29.3 Å². The van der Waals surface area contributed by atoms with E-state index in [9.17, 15) is 0 Å². The van der Waals surface area contributed by atoms with Gasteiger partial charge in [0, 0.05) is 18.1 Å². The summed E-state index contributed by atoms with van der Waals surface area (Å²) in [5, 5.41) is 0. The van der Waals surface area contributed by atoms with E-state index in [-0.39, 0.29) is 0 Å². The van der Waals surface area contributed by atoms with Crippen LogP contribution in [0.2, 0.25) is 0 Å². The zero-order valence-electron chi connectivity index (χ0n) is 12.1. The van der Waals surface area contributed by atoms with Crippen molar-refractivity contribution >= 4 is 0 Å². The second kappa shape index (κ2) is 4.79. The Morgan fingerprint density at radius 3 is 2.06 bits per heavy atom. The minimum absolute atomic E-state index is 0.365. The highest BCUT2D eigenvalue weighted by atomic mass is 15.3. The molecule has 3 aliphatic carbocycles. The lowest BCUT2D eigenvalue weighted by atomic mass is 9.65. The Bertz CT molecular complexity index is 279. The molecule has 3 aliphatic rings. The second-order valence-electron chi connectivity index (χ2n) is 7.15. The van der Waals surface area contributed by atoms with Crippen molar-refractivity contribution < 1.29 is 0 Å². The van der Waals surface area contributed by atoms with Crippen LogP contribution in [0.15, 0.2) is 0 Å². The zero-order chi connectivity index (χ0) is 12.6. The molecule has 3 rings (SSSR count). The normalized spacial score (nSPS) is 30.2. The average molecular weight is 250 g/mol. The first-order valence-electron chi connectivity index (χ1n) is 8.20. The fourth-order valence-corrected chi connectivity index (χ4v) is 4.85. The number of rotatable bonds is 4. The van der Waals surface area contributed by atoms with E-state index in [0.717, 1.165) is 18.0 Å². The van der Waals surface area contributed by atoms with Crippen molar-refractivity contribution in [2.75, 3.05) is 13.1 Å². The van der Waals surface area contributed by atoms with Crippen LogP contribution in [0.25, 0.3) is 0 Å². The number of hydrogen-bond acceptors (Lipinski definition) is 2. The molecule has 0 aromatic rings. The van der Waals surface area contributed by atoms with E-state index in [4.69, 9.17) is 5.73 Å². The van der Waals surface area contributed by atoms with Gasteiger partial charge in [0.15, 0.2) is 0 Å². The minimum Gasteiger partial charge on any atom is -0.329 e. The van der Waals surface area contributed by atoms with Crippen molar-refractivity contribution in [3.8, 4) is 0 Å². The summed E-state index contributed by atoms with van der Waals surface area (Å²) in [4.78, 5) is 2.77. The van der Waals surface area contributed by atoms with Gasteiger partial charge in [0.05, 0.1) is 0 Å². The number of hydrogen-bond donors (Lipinski definition) is 1. The number of likely N-dealkylation sites (N-methyl/N-ethyl adjacent to an activating group) is 1. The van der Waals surface area contributed by atoms with Gasteiger partial charge in [0.2, 0.25) is 0 Å². The van der Waals surface area contributed by atoms with Gasteiger partial charge in [-0.15, -0.1) is 0 Å². The first kappa shape index (κ1) is 12.9. The molecule has 0 unspecified atom stereocenters. The first-order valence-corrected chi connectivity index (χ1v) is 8.20. The van der Waals surface area contributed by atoms with Gasteiger partial charge < -0.3 is 5.73 Å². The average Bonchev–Trinajstić information content (AvgIpc) is 3.14. The standard InChI is InChI=1S/C16H30N2/c1-2-18(14-5-6-14)16(13-17)11-9-15(10-12-16)7-3-4-8-15/h14H,2-13,17H2,1H3. The van der Waals surface area contributed by atoms with Crippen molar-refractivity contribution in [1.29, 1.82) is 0 Å². The highest BCUT2D eigenvalue weighted by Crippen LogP contribution is 2.53. The maximum absolute atomic E-state index is 6.23. The van der Waals surface area contributed by atoms with Crippen molar-refractivity contribution in [2.24, 2.45) is 11.1 Å². The summed E-state index contributed by atoms with van der Waals surface area (Å²) < 4.78 is 0. The molecule has 2 N–H and O–H groups in total. The summed E-state index contributed by atoms with van der Waals surface area (Å²) in [6.45, 7) is 4.41. The maximum atomic E-state index is 6.23. The molecule has 2 nitrogen and oxygen atoms in total. The van der Waals surface area contributed by atoms with Crippen LogP contribution in [0, 0.1) is 5.41 Å². The lowest BCUT2D eigenvalue weighted by Crippen LogP contribution is -2.57. The molecule has 18 heavy (non-hydrogen) atoms. The quantitative estimate of drug-likeness (QED) is 0.829. The predicted octanol–water partition coefficient (Wildman–Crippen LogP) is 3.30. The summed E-state index contributed by atoms with van der Waals surface area (Å²) in [5.41, 5.74) is 7.33. The van der Waals surface area contributed by atoms with Crippen molar-refractivity contribution in [2.45, 2.75) is 82.7 Å². The zero-order valence-corrected chi connectivity index (χ0v) is 12.1. The Kier molecular flexibility index (Phi) is 3.44. The summed E-state index contributed by atoms with van der Waals surface area (Å²) >= 11 is 0. The molecule has 0 aliphatic heterocycles. The first-order chi connectivity index (χ1) is 8.74. The summed E-state index contributed by atoms with van der Waals surface area (Å²) in [7, 11) is 0. The summed E-state index contributed by atoms with van der Waals surface area (Å²) in [5.74, 6) is 0. The maximum Gasteiger partial charge on any atom is 0.0334 e. The van der Waals surface area contributed by atoms with Gasteiger partial charge >= 0.3 is 0 Å². The molecule has 3 saturated carbocycles. The lowest BCUT2D eigenvalue weighted by Gasteiger charge is -2.50. The van der Waals surface area contributed by atoms with Gasteiger partial charge in [-0.25, -0.2) is 0 Å². The summed E-state index contributed by atoms with van der Waals surface area (Å²) in [6.07, 6.45) is 14.4. The third-order valence-corrected chi connectivity index (χ3v) is 6.22. The van der Waals surface area contributed by atoms with Gasteiger partial charge in [0.25, 0.3) is 0 Å². The monoisotopic (exact) mass is 250 g/mol. The van der Waals surface area contributed by atoms with Crippen LogP contribution in [-0.2, 0) is 0 Å². The van der Waals surface area contributed by atoms with E-state index < -0.39 is 0 Å². The van der Waals surface area contributed by atoms with E-state index in [2.05, 4.69) is 11.8 Å². The van der Waals surface area contributed by atoms with Gasteiger partial charge in [0.1, 0.15) is 0 Å². The number of nitrogens with two attached hydrogens (primary N) is 1. The fraction of sp³-hybridized carbons (Fsp3) is 1.00. The largest absolute Gasteiger partial charge is 0.329 e. The SMILES string of the molecule is CCN(C1CC1)C1(CN)CCC2(CCCC2)CC1. The van der Waals surface area contributed by atoms with Crippen molar-refractivity contribution in [3.05, 3.63) is 0 Å². The van der Waals surface area contributed by atoms with Crippen LogP contribution < -0.4 is 5.73 Å². The van der Waals surface area contributed by atoms with Crippen LogP contribution in [0.5, 0.6) is 0 Å². The molecular weight excluding hydrogens is 220 g/mol. The van der Waals surface area contributed by atoms with Crippen LogP contribution >= 0.6 is 0 Å². The van der Waals surface area contributed by atoms with E-state index in [0.29, 0.717) is 5.54 Å². The molecule has 0 radical (unpaired) electrons. The van der Waals surface area contributed by atoms with E-state index >= 15 is 0 Å². The Hall–Kier alpha value is -0.0800. The molecule has 1 spiro atoms. The van der Waals surface area contributed by atoms with Gasteiger partial charge in [-0.2, -0.15) is 0 Å². The Labute approximate surface area is 112 Å². The molecule has 2 heteroatoms. The highest BCUT2D eigenvalue weighted by molar-refractivity contribution is 5.04. The van der Waals surface area contributed by atoms with Gasteiger partial charge in [-0.1, -0.05) is 19.8 Å². The molecule has 3 fully saturated rings. The third kappa shape index (κ3) is 2.12. The van der Waals surface area contributed by atoms with E-state index in [1.807, 2.05) is 0 Å². The van der Waals surface area contributed by atoms with Crippen molar-refractivity contribution in [3.63, 3.8) is 0 Å². The fourth-order valence-electron chi connectivity index (χ4n) is 4.85. The summed E-state index contributed by atoms with van der Waals surface area (Å²) in [6, 6.07) is 0.871. The molecule has 0 aromatic carbocycles. The number of nitrogens with zero attached hydrogens (tertiary/aromatic N) is 1. The molecule has 0 aromatic heterocycles. The Morgan fingerprint density at radius 2 is 1.61 bits per heavy atom. The van der Waals surface area contributed by atoms with Crippen LogP contribution in [0.1, 0.15) is 71.1 Å². The molecule has 0 heterocycles. The lowest BCUT2D eigenvalue weighted by molar-refractivity contribution is 0.0114. The predicted molar refractivity (Wildman–Crippen MR) is 76.6 cm³/mol. The minimum atomic E-state index is 0.365.